The molecule has 0 radical (unpaired) electrons. The summed E-state index contributed by atoms with van der Waals surface area (Å²) in [7, 11) is 1.63. The van der Waals surface area contributed by atoms with Crippen molar-refractivity contribution in [1.29, 1.82) is 0 Å². The molecule has 20 heavy (non-hydrogen) atoms. The summed E-state index contributed by atoms with van der Waals surface area (Å²) in [4.78, 5) is 8.18. The Morgan fingerprint density at radius 1 is 1.35 bits per heavy atom. The fourth-order valence-corrected chi connectivity index (χ4v) is 2.31. The first kappa shape index (κ1) is 13.0. The summed E-state index contributed by atoms with van der Waals surface area (Å²) in [6.07, 6.45) is 4.23. The Morgan fingerprint density at radius 2 is 2.15 bits per heavy atom. The lowest BCUT2D eigenvalue weighted by atomic mass is 9.93. The van der Waals surface area contributed by atoms with Crippen LogP contribution in [0, 0.1) is 0 Å². The zero-order valence-corrected chi connectivity index (χ0v) is 11.1. The van der Waals surface area contributed by atoms with E-state index in [1.165, 1.54) is 6.20 Å². The molecule has 7 heteroatoms. The van der Waals surface area contributed by atoms with Crippen molar-refractivity contribution >= 4 is 0 Å². The van der Waals surface area contributed by atoms with E-state index in [9.17, 15) is 5.11 Å². The maximum Gasteiger partial charge on any atom is 0.261 e. The molecule has 7 nitrogen and oxygen atoms in total. The first-order valence-corrected chi connectivity index (χ1v) is 6.36. The number of rotatable bonds is 3. The molecule has 0 bridgehead atoms. The van der Waals surface area contributed by atoms with Crippen molar-refractivity contribution in [3.63, 3.8) is 0 Å². The molecule has 0 spiro atoms. The summed E-state index contributed by atoms with van der Waals surface area (Å²) >= 11 is 0. The lowest BCUT2D eigenvalue weighted by Gasteiger charge is -2.32. The molecule has 0 atom stereocenters. The van der Waals surface area contributed by atoms with Gasteiger partial charge in [-0.2, -0.15) is 4.98 Å². The number of aromatic hydroxyl groups is 1. The van der Waals surface area contributed by atoms with Crippen LogP contribution in [0.15, 0.2) is 23.0 Å². The lowest BCUT2D eigenvalue weighted by molar-refractivity contribution is -0.101. The van der Waals surface area contributed by atoms with E-state index in [2.05, 4.69) is 15.1 Å². The van der Waals surface area contributed by atoms with Crippen LogP contribution in [0.5, 0.6) is 5.75 Å². The monoisotopic (exact) mass is 277 g/mol. The normalized spacial score (nSPS) is 18.1. The number of methoxy groups -OCH3 is 1. The molecule has 1 aliphatic rings. The van der Waals surface area contributed by atoms with Crippen LogP contribution in [0.4, 0.5) is 0 Å². The third-order valence-corrected chi connectivity index (χ3v) is 3.56. The molecule has 0 aromatic carbocycles. The maximum absolute atomic E-state index is 9.76. The molecule has 1 saturated heterocycles. The van der Waals surface area contributed by atoms with E-state index in [1.54, 1.807) is 19.4 Å². The first-order chi connectivity index (χ1) is 9.75. The van der Waals surface area contributed by atoms with Crippen molar-refractivity contribution < 1.29 is 19.1 Å². The van der Waals surface area contributed by atoms with Gasteiger partial charge in [-0.25, -0.2) is 0 Å². The molecular formula is C13H15N3O4. The van der Waals surface area contributed by atoms with E-state index in [-0.39, 0.29) is 11.6 Å². The van der Waals surface area contributed by atoms with E-state index in [1.807, 2.05) is 0 Å². The minimum atomic E-state index is -0.581. The van der Waals surface area contributed by atoms with Crippen LogP contribution in [-0.4, -0.2) is 40.6 Å². The Bertz CT molecular complexity index is 593. The predicted molar refractivity (Wildman–Crippen MR) is 67.9 cm³/mol. The minimum absolute atomic E-state index is 0.00106. The molecule has 1 N–H and O–H groups in total. The number of nitrogens with zero attached hydrogens (tertiary/aromatic N) is 3. The molecule has 3 rings (SSSR count). The van der Waals surface area contributed by atoms with Crippen LogP contribution in [0.3, 0.4) is 0 Å². The second-order valence-electron chi connectivity index (χ2n) is 4.63. The third kappa shape index (κ3) is 2.14. The summed E-state index contributed by atoms with van der Waals surface area (Å²) in [6.45, 7) is 1.19. The highest BCUT2D eigenvalue weighted by Gasteiger charge is 2.39. The minimum Gasteiger partial charge on any atom is -0.505 e. The van der Waals surface area contributed by atoms with Gasteiger partial charge in [0.25, 0.3) is 5.89 Å². The second kappa shape index (κ2) is 5.18. The highest BCUT2D eigenvalue weighted by atomic mass is 16.5. The second-order valence-corrected chi connectivity index (χ2v) is 4.63. The Hall–Kier alpha value is -1.99. The molecule has 0 saturated carbocycles. The van der Waals surface area contributed by atoms with Gasteiger partial charge in [0, 0.05) is 39.4 Å². The number of hydrogen-bond donors (Lipinski definition) is 1. The van der Waals surface area contributed by atoms with Gasteiger partial charge in [0.05, 0.1) is 11.8 Å². The van der Waals surface area contributed by atoms with Crippen molar-refractivity contribution in [1.82, 2.24) is 15.1 Å². The van der Waals surface area contributed by atoms with Gasteiger partial charge in [0.2, 0.25) is 5.82 Å². The Morgan fingerprint density at radius 3 is 2.85 bits per heavy atom. The van der Waals surface area contributed by atoms with Gasteiger partial charge in [-0.3, -0.25) is 4.98 Å². The molecule has 1 fully saturated rings. The van der Waals surface area contributed by atoms with Crippen molar-refractivity contribution in [2.45, 2.75) is 18.4 Å². The van der Waals surface area contributed by atoms with Crippen molar-refractivity contribution in [2.75, 3.05) is 20.3 Å². The fraction of sp³-hybridized carbons (Fsp3) is 0.462. The van der Waals surface area contributed by atoms with Gasteiger partial charge in [-0.15, -0.1) is 0 Å². The van der Waals surface area contributed by atoms with Gasteiger partial charge in [0.15, 0.2) is 0 Å². The number of pyridine rings is 1. The number of aromatic nitrogens is 3. The summed E-state index contributed by atoms with van der Waals surface area (Å²) < 4.78 is 16.2. The zero-order chi connectivity index (χ0) is 14.0. The maximum atomic E-state index is 9.76. The van der Waals surface area contributed by atoms with Gasteiger partial charge >= 0.3 is 0 Å². The molecule has 1 aliphatic heterocycles. The summed E-state index contributed by atoms with van der Waals surface area (Å²) in [6, 6.07) is 1.62. The molecule has 106 valence electrons. The van der Waals surface area contributed by atoms with Crippen LogP contribution in [0.2, 0.25) is 0 Å². The summed E-state index contributed by atoms with van der Waals surface area (Å²) in [5.74, 6) is 0.735. The van der Waals surface area contributed by atoms with E-state index in [0.717, 1.165) is 0 Å². The molecule has 3 heterocycles. The van der Waals surface area contributed by atoms with E-state index >= 15 is 0 Å². The smallest absolute Gasteiger partial charge is 0.261 e. The SMILES string of the molecule is COC1(c2noc(-c3ccncc3O)n2)CCOCC1. The molecule has 0 unspecified atom stereocenters. The highest BCUT2D eigenvalue weighted by molar-refractivity contribution is 5.60. The molecule has 2 aromatic rings. The average molecular weight is 277 g/mol. The van der Waals surface area contributed by atoms with E-state index < -0.39 is 5.60 Å². The number of hydrogen-bond acceptors (Lipinski definition) is 7. The zero-order valence-electron chi connectivity index (χ0n) is 11.1. The topological polar surface area (TPSA) is 90.5 Å². The highest BCUT2D eigenvalue weighted by Crippen LogP contribution is 2.35. The lowest BCUT2D eigenvalue weighted by Crippen LogP contribution is -2.36. The molecule has 0 amide bonds. The van der Waals surface area contributed by atoms with E-state index in [4.69, 9.17) is 14.0 Å². The molecular weight excluding hydrogens is 262 g/mol. The largest absolute Gasteiger partial charge is 0.505 e. The van der Waals surface area contributed by atoms with Crippen molar-refractivity contribution in [3.05, 3.63) is 24.3 Å². The summed E-state index contributed by atoms with van der Waals surface area (Å²) in [5, 5.41) is 13.8. The van der Waals surface area contributed by atoms with Gasteiger partial charge in [-0.05, 0) is 6.07 Å². The van der Waals surface area contributed by atoms with Crippen molar-refractivity contribution in [3.8, 4) is 17.2 Å². The van der Waals surface area contributed by atoms with Gasteiger partial charge in [-0.1, -0.05) is 5.16 Å². The number of ether oxygens (including phenoxy) is 2. The molecule has 2 aromatic heterocycles. The van der Waals surface area contributed by atoms with Crippen LogP contribution < -0.4 is 0 Å². The van der Waals surface area contributed by atoms with Crippen LogP contribution in [-0.2, 0) is 15.1 Å². The van der Waals surface area contributed by atoms with Crippen molar-refractivity contribution in [2.24, 2.45) is 0 Å². The Balaban J connectivity index is 1.95. The van der Waals surface area contributed by atoms with Crippen LogP contribution in [0.25, 0.3) is 11.5 Å². The van der Waals surface area contributed by atoms with Crippen LogP contribution in [0.1, 0.15) is 18.7 Å². The molecule has 0 aliphatic carbocycles. The Labute approximate surface area is 115 Å². The van der Waals surface area contributed by atoms with Gasteiger partial charge in [0.1, 0.15) is 11.4 Å². The quantitative estimate of drug-likeness (QED) is 0.908. The summed E-state index contributed by atoms with van der Waals surface area (Å²) in [5.41, 5.74) is -0.125. The van der Waals surface area contributed by atoms with Gasteiger partial charge < -0.3 is 19.1 Å². The Kier molecular flexibility index (Phi) is 3.37. The predicted octanol–water partition coefficient (Wildman–Crippen LogP) is 1.49. The third-order valence-electron chi connectivity index (χ3n) is 3.56. The first-order valence-electron chi connectivity index (χ1n) is 6.36. The average Bonchev–Trinajstić information content (AvgIpc) is 2.98. The fourth-order valence-electron chi connectivity index (χ4n) is 2.31. The standard InChI is InChI=1S/C13H15N3O4/c1-18-13(3-6-19-7-4-13)12-15-11(20-16-12)9-2-5-14-8-10(9)17/h2,5,8,17H,3-4,6-7H2,1H3. The van der Waals surface area contributed by atoms with E-state index in [0.29, 0.717) is 37.4 Å². The van der Waals surface area contributed by atoms with Crippen LogP contribution >= 0.6 is 0 Å².